The second kappa shape index (κ2) is 9.13. The second-order valence-electron chi connectivity index (χ2n) is 7.15. The Labute approximate surface area is 163 Å². The Morgan fingerprint density at radius 3 is 2.68 bits per heavy atom. The van der Waals surface area contributed by atoms with E-state index in [1.807, 2.05) is 44.2 Å². The third-order valence-electron chi connectivity index (χ3n) is 4.38. The number of nitrogens with zero attached hydrogens (tertiary/aromatic N) is 3. The Kier molecular flexibility index (Phi) is 6.61. The van der Waals surface area contributed by atoms with E-state index in [1.165, 1.54) is 4.68 Å². The molecule has 3 rings (SSSR count). The number of aliphatic hydroxyl groups is 2. The number of amides is 1. The smallest absolute Gasteiger partial charge is 0.222 e. The maximum Gasteiger partial charge on any atom is 0.222 e. The quantitative estimate of drug-likeness (QED) is 0.592. The summed E-state index contributed by atoms with van der Waals surface area (Å²) in [5.74, 6) is 0.505. The van der Waals surface area contributed by atoms with Crippen molar-refractivity contribution in [2.24, 2.45) is 0 Å². The van der Waals surface area contributed by atoms with E-state index in [4.69, 9.17) is 9.47 Å². The standard InChI is InChI=1S/C19H26N4O5/c1-12(2)20-17(24)8-15-18(25)19(26)16(28-15)10-23-9-13(21-22-23)11-27-14-6-4-3-5-7-14/h3-7,9,12,15-16,18-19,25-26H,8,10-11H2,1-2H3,(H,20,24)/t15-,16+,18-,19+/m0/s1. The fourth-order valence-electron chi connectivity index (χ4n) is 3.06. The molecule has 1 aliphatic heterocycles. The third-order valence-corrected chi connectivity index (χ3v) is 4.38. The van der Waals surface area contributed by atoms with Crippen LogP contribution in [-0.4, -0.2) is 61.6 Å². The molecule has 152 valence electrons. The number of ether oxygens (including phenoxy) is 2. The van der Waals surface area contributed by atoms with Gasteiger partial charge in [0, 0.05) is 6.04 Å². The van der Waals surface area contributed by atoms with Gasteiger partial charge in [-0.15, -0.1) is 5.10 Å². The van der Waals surface area contributed by atoms with Crippen molar-refractivity contribution in [2.75, 3.05) is 0 Å². The Bertz CT molecular complexity index is 767. The lowest BCUT2D eigenvalue weighted by Gasteiger charge is -2.15. The van der Waals surface area contributed by atoms with Crippen LogP contribution in [0.3, 0.4) is 0 Å². The molecule has 0 aliphatic carbocycles. The number of nitrogens with one attached hydrogen (secondary N) is 1. The third kappa shape index (κ3) is 5.28. The molecule has 0 spiro atoms. The first-order chi connectivity index (χ1) is 13.4. The van der Waals surface area contributed by atoms with Gasteiger partial charge in [0.1, 0.15) is 36.4 Å². The van der Waals surface area contributed by atoms with Gasteiger partial charge in [-0.3, -0.25) is 4.79 Å². The van der Waals surface area contributed by atoms with Crippen molar-refractivity contribution in [1.82, 2.24) is 20.3 Å². The molecule has 2 heterocycles. The molecule has 2 aromatic rings. The van der Waals surface area contributed by atoms with Gasteiger partial charge < -0.3 is 25.0 Å². The predicted molar refractivity (Wildman–Crippen MR) is 99.4 cm³/mol. The van der Waals surface area contributed by atoms with Crippen LogP contribution >= 0.6 is 0 Å². The fourth-order valence-corrected chi connectivity index (χ4v) is 3.06. The number of hydrogen-bond acceptors (Lipinski definition) is 7. The maximum absolute atomic E-state index is 11.9. The van der Waals surface area contributed by atoms with Crippen LogP contribution in [0.25, 0.3) is 0 Å². The van der Waals surface area contributed by atoms with Gasteiger partial charge in [0.2, 0.25) is 5.91 Å². The van der Waals surface area contributed by atoms with Gasteiger partial charge in [-0.05, 0) is 26.0 Å². The largest absolute Gasteiger partial charge is 0.487 e. The van der Waals surface area contributed by atoms with Crippen LogP contribution in [0.4, 0.5) is 0 Å². The van der Waals surface area contributed by atoms with E-state index >= 15 is 0 Å². The Balaban J connectivity index is 1.52. The highest BCUT2D eigenvalue weighted by Crippen LogP contribution is 2.25. The summed E-state index contributed by atoms with van der Waals surface area (Å²) in [6.07, 6.45) is -2.00. The van der Waals surface area contributed by atoms with Crippen LogP contribution in [0.1, 0.15) is 26.0 Å². The van der Waals surface area contributed by atoms with Crippen molar-refractivity contribution in [3.63, 3.8) is 0 Å². The molecule has 0 unspecified atom stereocenters. The highest BCUT2D eigenvalue weighted by atomic mass is 16.5. The predicted octanol–water partition coefficient (Wildman–Crippen LogP) is 0.261. The molecule has 1 aromatic carbocycles. The molecule has 0 bridgehead atoms. The number of aromatic nitrogens is 3. The van der Waals surface area contributed by atoms with E-state index < -0.39 is 24.4 Å². The second-order valence-corrected chi connectivity index (χ2v) is 7.15. The van der Waals surface area contributed by atoms with Crippen LogP contribution < -0.4 is 10.1 Å². The number of carbonyl (C=O) groups excluding carboxylic acids is 1. The van der Waals surface area contributed by atoms with Crippen molar-refractivity contribution >= 4 is 5.91 Å². The van der Waals surface area contributed by atoms with Crippen molar-refractivity contribution in [1.29, 1.82) is 0 Å². The highest BCUT2D eigenvalue weighted by molar-refractivity contribution is 5.76. The summed E-state index contributed by atoms with van der Waals surface area (Å²) in [6, 6.07) is 9.37. The summed E-state index contributed by atoms with van der Waals surface area (Å²) in [7, 11) is 0. The van der Waals surface area contributed by atoms with E-state index in [-0.39, 0.29) is 31.5 Å². The van der Waals surface area contributed by atoms with E-state index in [9.17, 15) is 15.0 Å². The normalized spacial score (nSPS) is 24.5. The van der Waals surface area contributed by atoms with Crippen molar-refractivity contribution in [3.05, 3.63) is 42.2 Å². The molecule has 0 saturated carbocycles. The molecule has 9 nitrogen and oxygen atoms in total. The van der Waals surface area contributed by atoms with Gasteiger partial charge in [-0.2, -0.15) is 0 Å². The number of hydrogen-bond donors (Lipinski definition) is 3. The monoisotopic (exact) mass is 390 g/mol. The van der Waals surface area contributed by atoms with E-state index in [0.717, 1.165) is 5.75 Å². The van der Waals surface area contributed by atoms with E-state index in [1.54, 1.807) is 6.20 Å². The van der Waals surface area contributed by atoms with Gasteiger partial charge >= 0.3 is 0 Å². The first-order valence-corrected chi connectivity index (χ1v) is 9.30. The maximum atomic E-state index is 11.9. The number of aliphatic hydroxyl groups excluding tert-OH is 2. The number of carbonyl (C=O) groups is 1. The average Bonchev–Trinajstić information content (AvgIpc) is 3.21. The first kappa shape index (κ1) is 20.2. The average molecular weight is 390 g/mol. The van der Waals surface area contributed by atoms with Crippen LogP contribution in [0.15, 0.2) is 36.5 Å². The lowest BCUT2D eigenvalue weighted by atomic mass is 10.1. The molecule has 1 fully saturated rings. The number of para-hydroxylation sites is 1. The van der Waals surface area contributed by atoms with Crippen LogP contribution in [0, 0.1) is 0 Å². The van der Waals surface area contributed by atoms with E-state index in [2.05, 4.69) is 15.6 Å². The van der Waals surface area contributed by atoms with Gasteiger partial charge in [0.25, 0.3) is 0 Å². The van der Waals surface area contributed by atoms with Gasteiger partial charge in [0.05, 0.1) is 25.3 Å². The number of benzene rings is 1. The van der Waals surface area contributed by atoms with Gasteiger partial charge in [-0.25, -0.2) is 4.68 Å². The summed E-state index contributed by atoms with van der Waals surface area (Å²) in [4.78, 5) is 11.9. The van der Waals surface area contributed by atoms with Crippen molar-refractivity contribution < 1.29 is 24.5 Å². The summed E-state index contributed by atoms with van der Waals surface area (Å²) >= 11 is 0. The number of rotatable bonds is 8. The lowest BCUT2D eigenvalue weighted by Crippen LogP contribution is -2.38. The molecule has 1 saturated heterocycles. The first-order valence-electron chi connectivity index (χ1n) is 9.30. The minimum absolute atomic E-state index is 0.00144. The van der Waals surface area contributed by atoms with Gasteiger partial charge in [-0.1, -0.05) is 23.4 Å². The highest BCUT2D eigenvalue weighted by Gasteiger charge is 2.43. The summed E-state index contributed by atoms with van der Waals surface area (Å²) < 4.78 is 12.9. The minimum Gasteiger partial charge on any atom is -0.487 e. The molecule has 0 radical (unpaired) electrons. The van der Waals surface area contributed by atoms with Gasteiger partial charge in [0.15, 0.2) is 0 Å². The molecule has 1 aromatic heterocycles. The Morgan fingerprint density at radius 2 is 1.96 bits per heavy atom. The van der Waals surface area contributed by atoms with E-state index in [0.29, 0.717) is 5.69 Å². The zero-order valence-electron chi connectivity index (χ0n) is 15.9. The summed E-state index contributed by atoms with van der Waals surface area (Å²) in [6.45, 7) is 4.17. The fraction of sp³-hybridized carbons (Fsp3) is 0.526. The molecule has 3 N–H and O–H groups in total. The van der Waals surface area contributed by atoms with Crippen LogP contribution in [0.5, 0.6) is 5.75 Å². The topological polar surface area (TPSA) is 119 Å². The molecule has 9 heteroatoms. The van der Waals surface area contributed by atoms with Crippen molar-refractivity contribution in [2.45, 2.75) is 63.9 Å². The lowest BCUT2D eigenvalue weighted by molar-refractivity contribution is -0.125. The molecular weight excluding hydrogens is 364 g/mol. The van der Waals surface area contributed by atoms with Crippen LogP contribution in [-0.2, 0) is 22.7 Å². The Morgan fingerprint density at radius 1 is 1.25 bits per heavy atom. The molecular formula is C19H26N4O5. The molecule has 1 amide bonds. The Hall–Kier alpha value is -2.49. The molecule has 28 heavy (non-hydrogen) atoms. The molecule has 4 atom stereocenters. The summed E-state index contributed by atoms with van der Waals surface area (Å²) in [5.41, 5.74) is 0.629. The minimum atomic E-state index is -1.13. The zero-order valence-corrected chi connectivity index (χ0v) is 15.9. The molecule has 1 aliphatic rings. The van der Waals surface area contributed by atoms with Crippen LogP contribution in [0.2, 0.25) is 0 Å². The summed E-state index contributed by atoms with van der Waals surface area (Å²) in [5, 5.41) is 31.2. The zero-order chi connectivity index (χ0) is 20.1. The SMILES string of the molecule is CC(C)NC(=O)C[C@@H]1O[C@H](Cn2cc(COc3ccccc3)nn2)[C@@H](O)[C@H]1O. The van der Waals surface area contributed by atoms with Crippen molar-refractivity contribution in [3.8, 4) is 5.75 Å².